The summed E-state index contributed by atoms with van der Waals surface area (Å²) in [7, 11) is 2.54. The van der Waals surface area contributed by atoms with Crippen LogP contribution in [-0.2, 0) is 14.1 Å². The predicted molar refractivity (Wildman–Crippen MR) is 88.9 cm³/mol. The lowest BCUT2D eigenvalue weighted by Crippen LogP contribution is -2.43. The van der Waals surface area contributed by atoms with E-state index in [2.05, 4.69) is 0 Å². The Bertz CT molecular complexity index is 975. The minimum absolute atomic E-state index is 0.117. The molecule has 10 heteroatoms. The maximum absolute atomic E-state index is 12.6. The summed E-state index contributed by atoms with van der Waals surface area (Å²) in [4.78, 5) is 47.0. The molecule has 2 N–H and O–H groups in total. The number of hydrogen-bond acceptors (Lipinski definition) is 7. The Morgan fingerprint density at radius 1 is 1.24 bits per heavy atom. The van der Waals surface area contributed by atoms with Crippen LogP contribution in [0, 0.1) is 10.1 Å². The molecule has 0 fully saturated rings. The highest BCUT2D eigenvalue weighted by Crippen LogP contribution is 2.27. The average Bonchev–Trinajstić information content (AvgIpc) is 2.58. The quantitative estimate of drug-likeness (QED) is 0.463. The molecule has 0 amide bonds. The van der Waals surface area contributed by atoms with Gasteiger partial charge in [-0.1, -0.05) is 12.1 Å². The van der Waals surface area contributed by atoms with Crippen LogP contribution >= 0.6 is 0 Å². The first kappa shape index (κ1) is 17.9. The second-order valence-electron chi connectivity index (χ2n) is 5.32. The summed E-state index contributed by atoms with van der Waals surface area (Å²) in [5.41, 5.74) is 3.47. The van der Waals surface area contributed by atoms with Crippen LogP contribution in [0.5, 0.6) is 5.75 Å². The van der Waals surface area contributed by atoms with Gasteiger partial charge in [-0.05, 0) is 13.0 Å². The van der Waals surface area contributed by atoms with Gasteiger partial charge < -0.3 is 10.5 Å². The number of anilines is 1. The van der Waals surface area contributed by atoms with Crippen molar-refractivity contribution in [2.45, 2.75) is 13.0 Å². The normalized spacial score (nSPS) is 11.8. The van der Waals surface area contributed by atoms with Crippen molar-refractivity contribution in [1.82, 2.24) is 9.13 Å². The number of carbonyl (C=O) groups is 1. The van der Waals surface area contributed by atoms with Gasteiger partial charge in [-0.15, -0.1) is 0 Å². The van der Waals surface area contributed by atoms with Gasteiger partial charge in [0, 0.05) is 20.2 Å². The largest absolute Gasteiger partial charge is 0.475 e. The molecule has 10 nitrogen and oxygen atoms in total. The van der Waals surface area contributed by atoms with E-state index in [1.54, 1.807) is 0 Å². The molecule has 0 bridgehead atoms. The molecule has 0 aliphatic rings. The SMILES string of the molecule is CC(Oc1ccccc1[N+](=O)[O-])C(=O)c1c(N)n(C)c(=O)n(C)c1=O. The Balaban J connectivity index is 2.45. The summed E-state index contributed by atoms with van der Waals surface area (Å²) in [6, 6.07) is 5.54. The molecule has 0 saturated carbocycles. The topological polar surface area (TPSA) is 139 Å². The van der Waals surface area contributed by atoms with Crippen LogP contribution in [0.1, 0.15) is 17.3 Å². The molecule has 1 aromatic heterocycles. The highest BCUT2D eigenvalue weighted by molar-refractivity contribution is 6.02. The lowest BCUT2D eigenvalue weighted by molar-refractivity contribution is -0.386. The maximum atomic E-state index is 12.6. The van der Waals surface area contributed by atoms with Crippen molar-refractivity contribution >= 4 is 17.3 Å². The standard InChI is InChI=1S/C15H16N4O6/c1-8(25-10-7-5-4-6-9(10)19(23)24)12(20)11-13(16)17(2)15(22)18(3)14(11)21/h4-8H,16H2,1-3H3. The predicted octanol–water partition coefficient (Wildman–Crippen LogP) is 0.225. The molecule has 0 saturated heterocycles. The van der Waals surface area contributed by atoms with Crippen LogP contribution in [0.2, 0.25) is 0 Å². The van der Waals surface area contributed by atoms with Crippen LogP contribution in [-0.4, -0.2) is 25.9 Å². The van der Waals surface area contributed by atoms with Crippen molar-refractivity contribution in [1.29, 1.82) is 0 Å². The third-order valence-corrected chi connectivity index (χ3v) is 3.69. The summed E-state index contributed by atoms with van der Waals surface area (Å²) >= 11 is 0. The number of nitrogen functional groups attached to an aromatic ring is 1. The van der Waals surface area contributed by atoms with Gasteiger partial charge >= 0.3 is 11.4 Å². The molecule has 2 aromatic rings. The van der Waals surface area contributed by atoms with E-state index < -0.39 is 33.6 Å². The van der Waals surface area contributed by atoms with E-state index in [-0.39, 0.29) is 17.3 Å². The molecule has 0 spiro atoms. The van der Waals surface area contributed by atoms with E-state index in [4.69, 9.17) is 10.5 Å². The lowest BCUT2D eigenvalue weighted by atomic mass is 10.1. The third kappa shape index (κ3) is 3.13. The highest BCUT2D eigenvalue weighted by atomic mass is 16.6. The van der Waals surface area contributed by atoms with Gasteiger partial charge in [-0.2, -0.15) is 0 Å². The van der Waals surface area contributed by atoms with Gasteiger partial charge in [0.25, 0.3) is 5.56 Å². The Morgan fingerprint density at radius 2 is 1.84 bits per heavy atom. The van der Waals surface area contributed by atoms with Crippen molar-refractivity contribution in [3.8, 4) is 5.75 Å². The second-order valence-corrected chi connectivity index (χ2v) is 5.32. The Hall–Kier alpha value is -3.43. The number of ether oxygens (including phenoxy) is 1. The zero-order valence-electron chi connectivity index (χ0n) is 13.8. The van der Waals surface area contributed by atoms with Crippen LogP contribution in [0.25, 0.3) is 0 Å². The first-order valence-corrected chi connectivity index (χ1v) is 7.16. The number of aromatic nitrogens is 2. The maximum Gasteiger partial charge on any atom is 0.332 e. The van der Waals surface area contributed by atoms with E-state index in [9.17, 15) is 24.5 Å². The number of nitrogens with zero attached hydrogens (tertiary/aromatic N) is 3. The average molecular weight is 348 g/mol. The van der Waals surface area contributed by atoms with Crippen molar-refractivity contribution in [3.63, 3.8) is 0 Å². The zero-order valence-corrected chi connectivity index (χ0v) is 13.8. The highest BCUT2D eigenvalue weighted by Gasteiger charge is 2.27. The first-order valence-electron chi connectivity index (χ1n) is 7.16. The summed E-state index contributed by atoms with van der Waals surface area (Å²) in [6.45, 7) is 1.34. The van der Waals surface area contributed by atoms with E-state index in [0.29, 0.717) is 0 Å². The Kier molecular flexibility index (Phi) is 4.72. The number of nitro benzene ring substituents is 1. The molecule has 1 unspecified atom stereocenters. The summed E-state index contributed by atoms with van der Waals surface area (Å²) in [6.07, 6.45) is -1.23. The van der Waals surface area contributed by atoms with Crippen molar-refractivity contribution in [3.05, 3.63) is 60.8 Å². The molecule has 1 atom stereocenters. The number of nitro groups is 1. The zero-order chi connectivity index (χ0) is 18.9. The van der Waals surface area contributed by atoms with Crippen molar-refractivity contribution in [2.75, 3.05) is 5.73 Å². The Labute approximate surface area is 141 Å². The first-order chi connectivity index (χ1) is 11.7. The number of para-hydroxylation sites is 2. The summed E-state index contributed by atoms with van der Waals surface area (Å²) < 4.78 is 7.08. The number of benzene rings is 1. The van der Waals surface area contributed by atoms with Crippen LogP contribution in [0.15, 0.2) is 33.9 Å². The fourth-order valence-electron chi connectivity index (χ4n) is 2.25. The molecule has 2 rings (SSSR count). The smallest absolute Gasteiger partial charge is 0.332 e. The van der Waals surface area contributed by atoms with Gasteiger partial charge in [0.15, 0.2) is 11.9 Å². The summed E-state index contributed by atoms with van der Waals surface area (Å²) in [5.74, 6) is -1.20. The number of ketones is 1. The molecule has 132 valence electrons. The van der Waals surface area contributed by atoms with Gasteiger partial charge in [-0.25, -0.2) is 4.79 Å². The molecular weight excluding hydrogens is 332 g/mol. The molecule has 1 aromatic carbocycles. The second kappa shape index (κ2) is 6.59. The number of rotatable bonds is 5. The molecule has 0 radical (unpaired) electrons. The van der Waals surface area contributed by atoms with Gasteiger partial charge in [0.05, 0.1) is 4.92 Å². The molecule has 25 heavy (non-hydrogen) atoms. The fraction of sp³-hybridized carbons (Fsp3) is 0.267. The van der Waals surface area contributed by atoms with E-state index in [0.717, 1.165) is 9.13 Å². The molecule has 1 heterocycles. The number of hydrogen-bond donors (Lipinski definition) is 1. The monoisotopic (exact) mass is 348 g/mol. The number of Topliss-reactive ketones (excluding diaryl/α,β-unsaturated/α-hetero) is 1. The van der Waals surface area contributed by atoms with Crippen LogP contribution < -0.4 is 21.7 Å². The minimum Gasteiger partial charge on any atom is -0.475 e. The van der Waals surface area contributed by atoms with E-state index in [1.165, 1.54) is 45.3 Å². The molecule has 0 aliphatic heterocycles. The van der Waals surface area contributed by atoms with Gasteiger partial charge in [0.2, 0.25) is 5.78 Å². The van der Waals surface area contributed by atoms with E-state index >= 15 is 0 Å². The lowest BCUT2D eigenvalue weighted by Gasteiger charge is -2.16. The number of carbonyl (C=O) groups excluding carboxylic acids is 1. The van der Waals surface area contributed by atoms with Gasteiger partial charge in [-0.3, -0.25) is 28.8 Å². The minimum atomic E-state index is -1.23. The van der Waals surface area contributed by atoms with Crippen LogP contribution in [0.4, 0.5) is 11.5 Å². The fourth-order valence-corrected chi connectivity index (χ4v) is 2.25. The molecule has 0 aliphatic carbocycles. The van der Waals surface area contributed by atoms with E-state index in [1.807, 2.05) is 0 Å². The van der Waals surface area contributed by atoms with Crippen molar-refractivity contribution < 1.29 is 14.5 Å². The van der Waals surface area contributed by atoms with Crippen molar-refractivity contribution in [2.24, 2.45) is 14.1 Å². The Morgan fingerprint density at radius 3 is 2.44 bits per heavy atom. The summed E-state index contributed by atoms with van der Waals surface area (Å²) in [5, 5.41) is 11.0. The van der Waals surface area contributed by atoms with Crippen LogP contribution in [0.3, 0.4) is 0 Å². The third-order valence-electron chi connectivity index (χ3n) is 3.69. The molecular formula is C15H16N4O6. The van der Waals surface area contributed by atoms with Gasteiger partial charge in [0.1, 0.15) is 11.4 Å². The number of nitrogens with two attached hydrogens (primary N) is 1.